The van der Waals surface area contributed by atoms with E-state index in [0.717, 1.165) is 51.3 Å². The maximum atomic E-state index is 12.8. The molecule has 0 radical (unpaired) electrons. The zero-order valence-electron chi connectivity index (χ0n) is 13.3. The van der Waals surface area contributed by atoms with Crippen LogP contribution in [0.15, 0.2) is 47.1 Å². The molecule has 4 nitrogen and oxygen atoms in total. The molecule has 4 heteroatoms. The number of furan rings is 1. The van der Waals surface area contributed by atoms with Crippen molar-refractivity contribution in [1.82, 2.24) is 9.80 Å². The van der Waals surface area contributed by atoms with Crippen LogP contribution in [0.2, 0.25) is 0 Å². The van der Waals surface area contributed by atoms with E-state index in [1.54, 1.807) is 6.26 Å². The molecule has 0 N–H and O–H groups in total. The highest BCUT2D eigenvalue weighted by Crippen LogP contribution is 2.27. The number of fused-ring (bicyclic) bond motifs is 1. The Morgan fingerprint density at radius 3 is 2.35 bits per heavy atom. The predicted octanol–water partition coefficient (Wildman–Crippen LogP) is 3.03. The van der Waals surface area contributed by atoms with Crippen LogP contribution >= 0.6 is 0 Å². The summed E-state index contributed by atoms with van der Waals surface area (Å²) in [6.07, 6.45) is 3.62. The van der Waals surface area contributed by atoms with Gasteiger partial charge in [-0.3, -0.25) is 9.69 Å². The van der Waals surface area contributed by atoms with E-state index in [1.807, 2.05) is 17.0 Å². The summed E-state index contributed by atoms with van der Waals surface area (Å²) in [6.45, 7) is 4.35. The van der Waals surface area contributed by atoms with E-state index >= 15 is 0 Å². The molecule has 1 saturated heterocycles. The van der Waals surface area contributed by atoms with E-state index in [0.29, 0.717) is 5.91 Å². The van der Waals surface area contributed by atoms with Crippen molar-refractivity contribution in [2.75, 3.05) is 13.1 Å². The Kier molecular flexibility index (Phi) is 3.92. The molecule has 0 aliphatic carbocycles. The predicted molar refractivity (Wildman–Crippen MR) is 87.4 cm³/mol. The fourth-order valence-electron chi connectivity index (χ4n) is 3.71. The second kappa shape index (κ2) is 6.20. The number of nitrogens with zero attached hydrogens (tertiary/aromatic N) is 2. The number of hydrogen-bond acceptors (Lipinski definition) is 3. The van der Waals surface area contributed by atoms with Gasteiger partial charge in [-0.05, 0) is 49.2 Å². The van der Waals surface area contributed by atoms with Crippen LogP contribution in [0.3, 0.4) is 0 Å². The Balaban J connectivity index is 1.31. The Morgan fingerprint density at radius 1 is 1.04 bits per heavy atom. The normalized spacial score (nSPS) is 19.0. The van der Waals surface area contributed by atoms with Gasteiger partial charge in [-0.15, -0.1) is 0 Å². The first kappa shape index (κ1) is 14.5. The Hall–Kier alpha value is -2.07. The maximum Gasteiger partial charge on any atom is 0.226 e. The molecule has 0 spiro atoms. The number of amides is 1. The van der Waals surface area contributed by atoms with Crippen molar-refractivity contribution in [2.45, 2.75) is 32.5 Å². The highest BCUT2D eigenvalue weighted by molar-refractivity contribution is 5.79. The van der Waals surface area contributed by atoms with E-state index in [-0.39, 0.29) is 5.92 Å². The second-order valence-corrected chi connectivity index (χ2v) is 6.59. The Morgan fingerprint density at radius 2 is 1.74 bits per heavy atom. The summed E-state index contributed by atoms with van der Waals surface area (Å²) in [5.74, 6) is 1.51. The van der Waals surface area contributed by atoms with E-state index in [4.69, 9.17) is 4.42 Å². The molecule has 120 valence electrons. The van der Waals surface area contributed by atoms with Crippen LogP contribution in [0.4, 0.5) is 0 Å². The summed E-state index contributed by atoms with van der Waals surface area (Å²) < 4.78 is 5.41. The molecule has 0 atom stereocenters. The number of piperidine rings is 1. The Bertz CT molecular complexity index is 647. The molecule has 1 amide bonds. The molecule has 2 aliphatic heterocycles. The topological polar surface area (TPSA) is 36.7 Å². The first-order valence-electron chi connectivity index (χ1n) is 8.40. The van der Waals surface area contributed by atoms with Gasteiger partial charge in [0.25, 0.3) is 0 Å². The molecular weight excluding hydrogens is 288 g/mol. The summed E-state index contributed by atoms with van der Waals surface area (Å²) in [7, 11) is 0. The van der Waals surface area contributed by atoms with Crippen LogP contribution in [0.25, 0.3) is 0 Å². The molecule has 1 fully saturated rings. The van der Waals surface area contributed by atoms with E-state index in [9.17, 15) is 4.79 Å². The molecule has 1 aromatic carbocycles. The molecule has 23 heavy (non-hydrogen) atoms. The number of rotatable bonds is 3. The minimum absolute atomic E-state index is 0.178. The highest BCUT2D eigenvalue weighted by Gasteiger charge is 2.31. The third-order valence-corrected chi connectivity index (χ3v) is 5.05. The molecule has 0 unspecified atom stereocenters. The highest BCUT2D eigenvalue weighted by atomic mass is 16.3. The first-order valence-corrected chi connectivity index (χ1v) is 8.40. The Labute approximate surface area is 136 Å². The van der Waals surface area contributed by atoms with Crippen LogP contribution in [0.1, 0.15) is 29.7 Å². The fourth-order valence-corrected chi connectivity index (χ4v) is 3.71. The molecule has 0 saturated carbocycles. The smallest absolute Gasteiger partial charge is 0.226 e. The number of carbonyl (C=O) groups is 1. The van der Waals surface area contributed by atoms with Crippen LogP contribution in [0.5, 0.6) is 0 Å². The van der Waals surface area contributed by atoms with E-state index in [1.165, 1.54) is 11.1 Å². The standard InChI is InChI=1S/C19H22N2O2/c22-19(21-12-16-4-1-2-5-17(16)13-21)15-7-9-20(10-8-15)14-18-6-3-11-23-18/h1-6,11,15H,7-10,12-14H2. The lowest BCUT2D eigenvalue weighted by molar-refractivity contribution is -0.137. The zero-order chi connectivity index (χ0) is 15.6. The number of likely N-dealkylation sites (tertiary alicyclic amines) is 1. The lowest BCUT2D eigenvalue weighted by atomic mass is 9.95. The number of hydrogen-bond donors (Lipinski definition) is 0. The van der Waals surface area contributed by atoms with Crippen molar-refractivity contribution in [2.24, 2.45) is 5.92 Å². The van der Waals surface area contributed by atoms with Gasteiger partial charge in [-0.2, -0.15) is 0 Å². The van der Waals surface area contributed by atoms with Crippen molar-refractivity contribution in [3.05, 3.63) is 59.5 Å². The third-order valence-electron chi connectivity index (χ3n) is 5.05. The van der Waals surface area contributed by atoms with Crippen molar-refractivity contribution in [3.8, 4) is 0 Å². The van der Waals surface area contributed by atoms with E-state index < -0.39 is 0 Å². The minimum atomic E-state index is 0.178. The largest absolute Gasteiger partial charge is 0.468 e. The summed E-state index contributed by atoms with van der Waals surface area (Å²) in [4.78, 5) is 17.2. The minimum Gasteiger partial charge on any atom is -0.468 e. The number of benzene rings is 1. The lowest BCUT2D eigenvalue weighted by Crippen LogP contribution is -2.40. The molecule has 3 heterocycles. The molecule has 2 aromatic rings. The fraction of sp³-hybridized carbons (Fsp3) is 0.421. The summed E-state index contributed by atoms with van der Waals surface area (Å²) in [5, 5.41) is 0. The molecule has 2 aliphatic rings. The number of carbonyl (C=O) groups excluding carboxylic acids is 1. The van der Waals surface area contributed by atoms with Gasteiger partial charge < -0.3 is 9.32 Å². The summed E-state index contributed by atoms with van der Waals surface area (Å²) in [6, 6.07) is 12.3. The molecule has 4 rings (SSSR count). The van der Waals surface area contributed by atoms with Crippen LogP contribution in [-0.2, 0) is 24.4 Å². The maximum absolute atomic E-state index is 12.8. The van der Waals surface area contributed by atoms with Gasteiger partial charge in [0.05, 0.1) is 12.8 Å². The average Bonchev–Trinajstić information content (AvgIpc) is 3.24. The van der Waals surface area contributed by atoms with Gasteiger partial charge in [0.15, 0.2) is 0 Å². The SMILES string of the molecule is O=C(C1CCN(Cc2ccco2)CC1)N1Cc2ccccc2C1. The van der Waals surface area contributed by atoms with Gasteiger partial charge in [0.2, 0.25) is 5.91 Å². The van der Waals surface area contributed by atoms with Crippen molar-refractivity contribution in [1.29, 1.82) is 0 Å². The van der Waals surface area contributed by atoms with Gasteiger partial charge in [0.1, 0.15) is 5.76 Å². The van der Waals surface area contributed by atoms with Crippen LogP contribution in [0, 0.1) is 5.92 Å². The summed E-state index contributed by atoms with van der Waals surface area (Å²) in [5.41, 5.74) is 2.60. The first-order chi connectivity index (χ1) is 11.3. The van der Waals surface area contributed by atoms with Crippen molar-refractivity contribution >= 4 is 5.91 Å². The van der Waals surface area contributed by atoms with Crippen LogP contribution in [-0.4, -0.2) is 28.8 Å². The second-order valence-electron chi connectivity index (χ2n) is 6.59. The van der Waals surface area contributed by atoms with Crippen molar-refractivity contribution < 1.29 is 9.21 Å². The quantitative estimate of drug-likeness (QED) is 0.874. The van der Waals surface area contributed by atoms with Crippen LogP contribution < -0.4 is 0 Å². The van der Waals surface area contributed by atoms with Gasteiger partial charge >= 0.3 is 0 Å². The van der Waals surface area contributed by atoms with Crippen molar-refractivity contribution in [3.63, 3.8) is 0 Å². The van der Waals surface area contributed by atoms with Gasteiger partial charge in [0, 0.05) is 19.0 Å². The molecule has 0 bridgehead atoms. The molecular formula is C19H22N2O2. The average molecular weight is 310 g/mol. The summed E-state index contributed by atoms with van der Waals surface area (Å²) >= 11 is 0. The monoisotopic (exact) mass is 310 g/mol. The van der Waals surface area contributed by atoms with E-state index in [2.05, 4.69) is 29.2 Å². The van der Waals surface area contributed by atoms with Gasteiger partial charge in [-0.1, -0.05) is 24.3 Å². The van der Waals surface area contributed by atoms with Gasteiger partial charge in [-0.25, -0.2) is 0 Å². The molecule has 1 aromatic heterocycles. The zero-order valence-corrected chi connectivity index (χ0v) is 13.3. The lowest BCUT2D eigenvalue weighted by Gasteiger charge is -2.32. The third kappa shape index (κ3) is 3.04.